The van der Waals surface area contributed by atoms with Crippen LogP contribution < -0.4 is 0 Å². The van der Waals surface area contributed by atoms with Crippen LogP contribution in [0.15, 0.2) is 21.5 Å². The zero-order valence-corrected chi connectivity index (χ0v) is 8.35. The lowest BCUT2D eigenvalue weighted by molar-refractivity contribution is 1.65. The Morgan fingerprint density at radius 1 is 1.50 bits per heavy atom. The van der Waals surface area contributed by atoms with Gasteiger partial charge in [0, 0.05) is 10.8 Å². The fourth-order valence-electron chi connectivity index (χ4n) is 0.317. The van der Waals surface area contributed by atoms with E-state index in [1.54, 1.807) is 6.92 Å². The second-order valence-electron chi connectivity index (χ2n) is 1.69. The number of rotatable bonds is 3. The summed E-state index contributed by atoms with van der Waals surface area (Å²) in [5, 5.41) is 0.663. The summed E-state index contributed by atoms with van der Waals surface area (Å²) in [6.45, 7) is 3.76. The lowest BCUT2D eigenvalue weighted by Gasteiger charge is -1.94. The summed E-state index contributed by atoms with van der Waals surface area (Å²) >= 11 is 12.9. The van der Waals surface area contributed by atoms with Crippen molar-refractivity contribution in [3.05, 3.63) is 21.5 Å². The molecule has 0 saturated heterocycles. The van der Waals surface area contributed by atoms with Gasteiger partial charge in [0.15, 0.2) is 0 Å². The molecule has 0 aliphatic rings. The topological polar surface area (TPSA) is 0 Å². The minimum Gasteiger partial charge on any atom is -0.109 e. The van der Waals surface area contributed by atoms with E-state index in [2.05, 4.69) is 0 Å². The van der Waals surface area contributed by atoms with Crippen LogP contribution in [-0.2, 0) is 0 Å². The Balaban J connectivity index is 3.60. The number of thioether (sulfide) groups is 1. The number of allylic oxidation sites excluding steroid dienone is 2. The van der Waals surface area contributed by atoms with E-state index in [0.717, 1.165) is 5.75 Å². The van der Waals surface area contributed by atoms with Crippen molar-refractivity contribution in [1.29, 1.82) is 0 Å². The van der Waals surface area contributed by atoms with E-state index >= 15 is 0 Å². The van der Waals surface area contributed by atoms with Gasteiger partial charge in [0.1, 0.15) is 0 Å². The molecule has 0 aromatic rings. The van der Waals surface area contributed by atoms with Crippen molar-refractivity contribution < 1.29 is 0 Å². The van der Waals surface area contributed by atoms with Gasteiger partial charge >= 0.3 is 0 Å². The predicted molar refractivity (Wildman–Crippen MR) is 51.7 cm³/mol. The summed E-state index contributed by atoms with van der Waals surface area (Å²) in [6.07, 6.45) is 4.02. The number of hydrogen-bond acceptors (Lipinski definition) is 1. The van der Waals surface area contributed by atoms with Crippen molar-refractivity contribution >= 4 is 35.0 Å². The minimum absolute atomic E-state index is 0.663. The minimum atomic E-state index is 0.663. The number of halogens is 2. The van der Waals surface area contributed by atoms with E-state index in [1.165, 1.54) is 11.8 Å². The fourth-order valence-corrected chi connectivity index (χ4v) is 1.30. The van der Waals surface area contributed by atoms with Crippen LogP contribution in [0.2, 0.25) is 0 Å². The molecule has 0 aromatic carbocycles. The van der Waals surface area contributed by atoms with E-state index in [0.29, 0.717) is 9.40 Å². The Morgan fingerprint density at radius 3 is 2.50 bits per heavy atom. The van der Waals surface area contributed by atoms with Gasteiger partial charge in [0.25, 0.3) is 0 Å². The Hall–Kier alpha value is 0.410. The second-order valence-corrected chi connectivity index (χ2v) is 3.89. The van der Waals surface area contributed by atoms with Crippen LogP contribution in [0.4, 0.5) is 0 Å². The first-order chi connectivity index (χ1) is 4.68. The van der Waals surface area contributed by atoms with Gasteiger partial charge in [-0.05, 0) is 13.8 Å². The smallest absolute Gasteiger partial charge is 0.0880 e. The monoisotopic (exact) mass is 196 g/mol. The first-order valence-electron chi connectivity index (χ1n) is 2.94. The molecule has 0 N–H and O–H groups in total. The lowest BCUT2D eigenvalue weighted by Crippen LogP contribution is -1.70. The third kappa shape index (κ3) is 5.21. The standard InChI is InChI=1S/C7H10Cl2S/c1-3-4-5-10-7(9)6(2)8/h3-4H,5H2,1-2H3/b4-3-,7-6+. The van der Waals surface area contributed by atoms with Crippen LogP contribution in [0.3, 0.4) is 0 Å². The summed E-state index contributed by atoms with van der Waals surface area (Å²) < 4.78 is 0.680. The summed E-state index contributed by atoms with van der Waals surface area (Å²) in [6, 6.07) is 0. The highest BCUT2D eigenvalue weighted by atomic mass is 35.5. The van der Waals surface area contributed by atoms with Crippen molar-refractivity contribution in [2.75, 3.05) is 5.75 Å². The van der Waals surface area contributed by atoms with Gasteiger partial charge in [0.2, 0.25) is 0 Å². The molecule has 3 heteroatoms. The van der Waals surface area contributed by atoms with Crippen LogP contribution >= 0.6 is 35.0 Å². The van der Waals surface area contributed by atoms with E-state index in [9.17, 15) is 0 Å². The maximum atomic E-state index is 5.73. The molecule has 0 rings (SSSR count). The maximum Gasteiger partial charge on any atom is 0.0880 e. The molecule has 0 saturated carbocycles. The largest absolute Gasteiger partial charge is 0.109 e. The van der Waals surface area contributed by atoms with Crippen molar-refractivity contribution in [3.63, 3.8) is 0 Å². The van der Waals surface area contributed by atoms with E-state index in [4.69, 9.17) is 23.2 Å². The highest BCUT2D eigenvalue weighted by molar-refractivity contribution is 8.04. The molecule has 0 amide bonds. The molecular weight excluding hydrogens is 187 g/mol. The van der Waals surface area contributed by atoms with E-state index < -0.39 is 0 Å². The summed E-state index contributed by atoms with van der Waals surface area (Å²) in [5.41, 5.74) is 0. The highest BCUT2D eigenvalue weighted by Crippen LogP contribution is 2.25. The third-order valence-electron chi connectivity index (χ3n) is 0.813. The lowest BCUT2D eigenvalue weighted by atomic mass is 10.6. The molecule has 10 heavy (non-hydrogen) atoms. The van der Waals surface area contributed by atoms with Crippen LogP contribution in [0.25, 0.3) is 0 Å². The predicted octanol–water partition coefficient (Wildman–Crippen LogP) is 3.96. The zero-order valence-electron chi connectivity index (χ0n) is 6.03. The summed E-state index contributed by atoms with van der Waals surface area (Å²) in [7, 11) is 0. The summed E-state index contributed by atoms with van der Waals surface area (Å²) in [5.74, 6) is 0.888. The van der Waals surface area contributed by atoms with Gasteiger partial charge in [-0.3, -0.25) is 0 Å². The highest BCUT2D eigenvalue weighted by Gasteiger charge is 1.94. The van der Waals surface area contributed by atoms with Gasteiger partial charge in [-0.1, -0.05) is 35.4 Å². The normalized spacial score (nSPS) is 14.0. The molecule has 0 spiro atoms. The first kappa shape index (κ1) is 10.4. The van der Waals surface area contributed by atoms with Gasteiger partial charge in [0.05, 0.1) is 4.36 Å². The molecular formula is C7H10Cl2S. The van der Waals surface area contributed by atoms with Crippen LogP contribution in [0.1, 0.15) is 13.8 Å². The fraction of sp³-hybridized carbons (Fsp3) is 0.429. The molecule has 0 heterocycles. The van der Waals surface area contributed by atoms with Crippen LogP contribution in [0.5, 0.6) is 0 Å². The van der Waals surface area contributed by atoms with Crippen LogP contribution in [0, 0.1) is 0 Å². The van der Waals surface area contributed by atoms with Crippen LogP contribution in [-0.4, -0.2) is 5.75 Å². The van der Waals surface area contributed by atoms with E-state index in [1.807, 2.05) is 19.1 Å². The molecule has 0 aromatic heterocycles. The molecule has 58 valence electrons. The molecule has 0 fully saturated rings. The quantitative estimate of drug-likeness (QED) is 0.617. The average Bonchev–Trinajstić information content (AvgIpc) is 1.88. The molecule has 0 nitrogen and oxygen atoms in total. The Kier molecular flexibility index (Phi) is 6.39. The maximum absolute atomic E-state index is 5.73. The molecule has 0 aliphatic carbocycles. The third-order valence-corrected chi connectivity index (χ3v) is 2.74. The molecule has 0 atom stereocenters. The number of hydrogen-bond donors (Lipinski definition) is 0. The molecule has 0 bridgehead atoms. The second kappa shape index (κ2) is 6.14. The Bertz CT molecular complexity index is 146. The molecule has 0 unspecified atom stereocenters. The van der Waals surface area contributed by atoms with Gasteiger partial charge in [-0.2, -0.15) is 0 Å². The molecule has 0 radical (unpaired) electrons. The molecule has 0 aliphatic heterocycles. The van der Waals surface area contributed by atoms with Gasteiger partial charge < -0.3 is 0 Å². The van der Waals surface area contributed by atoms with Crippen molar-refractivity contribution in [2.45, 2.75) is 13.8 Å². The zero-order chi connectivity index (χ0) is 7.98. The van der Waals surface area contributed by atoms with Gasteiger partial charge in [-0.25, -0.2) is 0 Å². The van der Waals surface area contributed by atoms with Gasteiger partial charge in [-0.15, -0.1) is 11.8 Å². The van der Waals surface area contributed by atoms with E-state index in [-0.39, 0.29) is 0 Å². The Labute approximate surface area is 76.3 Å². The Morgan fingerprint density at radius 2 is 2.10 bits per heavy atom. The van der Waals surface area contributed by atoms with Crippen molar-refractivity contribution in [1.82, 2.24) is 0 Å². The van der Waals surface area contributed by atoms with Crippen molar-refractivity contribution in [3.8, 4) is 0 Å². The van der Waals surface area contributed by atoms with Crippen molar-refractivity contribution in [2.24, 2.45) is 0 Å². The summed E-state index contributed by atoms with van der Waals surface area (Å²) in [4.78, 5) is 0. The average molecular weight is 197 g/mol. The SMILES string of the molecule is C/C=C\CS/C(Cl)=C(\C)Cl. The first-order valence-corrected chi connectivity index (χ1v) is 4.68.